The molecule has 0 aliphatic carbocycles. The molecule has 11 nitrogen and oxygen atoms in total. The lowest BCUT2D eigenvalue weighted by atomic mass is 10.1. The van der Waals surface area contributed by atoms with Crippen molar-refractivity contribution < 1.29 is 32.3 Å². The van der Waals surface area contributed by atoms with Crippen LogP contribution in [-0.2, 0) is 37.6 Å². The Labute approximate surface area is 255 Å². The quantitative estimate of drug-likeness (QED) is 0.225. The second kappa shape index (κ2) is 15.3. The lowest BCUT2D eigenvalue weighted by Crippen LogP contribution is -2.54. The number of hydrogen-bond donors (Lipinski definition) is 4. The Bertz CT molecular complexity index is 1500. The molecule has 0 aliphatic rings. The highest BCUT2D eigenvalue weighted by atomic mass is 79.9. The van der Waals surface area contributed by atoms with Crippen molar-refractivity contribution in [1.82, 2.24) is 20.1 Å². The number of thiocarbonyl (C=S) groups is 1. The second-order valence-electron chi connectivity index (χ2n) is 8.26. The lowest BCUT2D eigenvalue weighted by Gasteiger charge is -2.19. The van der Waals surface area contributed by atoms with Crippen molar-refractivity contribution in [2.75, 3.05) is 6.61 Å². The molecular formula is C26H24BrClN4O7S2. The molecule has 3 aromatic rings. The van der Waals surface area contributed by atoms with Crippen LogP contribution in [-0.4, -0.2) is 44.1 Å². The maximum absolute atomic E-state index is 12.9. The summed E-state index contributed by atoms with van der Waals surface area (Å²) >= 11 is 14.2. The average Bonchev–Trinajstić information content (AvgIpc) is 2.91. The Morgan fingerprint density at radius 1 is 0.927 bits per heavy atom. The number of halogens is 2. The van der Waals surface area contributed by atoms with Crippen LogP contribution in [0.15, 0.2) is 83.3 Å². The van der Waals surface area contributed by atoms with E-state index in [1.165, 1.54) is 6.07 Å². The minimum absolute atomic E-state index is 0.0419. The largest absolute Gasteiger partial charge is 0.482 e. The summed E-state index contributed by atoms with van der Waals surface area (Å²) in [5.74, 6) is -1.63. The van der Waals surface area contributed by atoms with Gasteiger partial charge in [0.25, 0.3) is 11.8 Å². The molecule has 0 fully saturated rings. The molecule has 1 atom stereocenters. The van der Waals surface area contributed by atoms with Crippen LogP contribution in [0.25, 0.3) is 0 Å². The van der Waals surface area contributed by atoms with E-state index in [-0.39, 0.29) is 23.8 Å². The molecule has 3 rings (SSSR count). The second-order valence-corrected chi connectivity index (χ2v) is 11.4. The van der Waals surface area contributed by atoms with Crippen LogP contribution < -0.4 is 24.8 Å². The van der Waals surface area contributed by atoms with E-state index in [1.807, 2.05) is 10.8 Å². The number of alkyl carbamates (subject to hydrolysis) is 1. The van der Waals surface area contributed by atoms with Gasteiger partial charge in [0, 0.05) is 10.9 Å². The number of benzene rings is 3. The molecule has 3 amide bonds. The van der Waals surface area contributed by atoms with Crippen LogP contribution in [0.4, 0.5) is 4.79 Å². The summed E-state index contributed by atoms with van der Waals surface area (Å²) in [5, 5.41) is 4.15. The van der Waals surface area contributed by atoms with Crippen molar-refractivity contribution in [3.05, 3.63) is 99.5 Å². The Morgan fingerprint density at radius 3 is 2.20 bits per heavy atom. The summed E-state index contributed by atoms with van der Waals surface area (Å²) in [6, 6.07) is 20.9. The Kier molecular flexibility index (Phi) is 11.9. The molecule has 0 bridgehead atoms. The van der Waals surface area contributed by atoms with E-state index in [9.17, 15) is 22.8 Å². The Hall–Kier alpha value is -3.72. The first-order valence-corrected chi connectivity index (χ1v) is 14.8. The molecule has 0 radical (unpaired) electrons. The van der Waals surface area contributed by atoms with Gasteiger partial charge in [-0.15, -0.1) is 0 Å². The first kappa shape index (κ1) is 31.8. The molecular weight excluding hydrogens is 660 g/mol. The summed E-state index contributed by atoms with van der Waals surface area (Å²) in [5.41, 5.74) is 1.37. The number of ether oxygens (including phenoxy) is 2. The molecule has 0 aliphatic heterocycles. The maximum atomic E-state index is 12.9. The molecule has 0 heterocycles. The topological polar surface area (TPSA) is 152 Å². The molecule has 0 unspecified atom stereocenters. The van der Waals surface area contributed by atoms with Crippen LogP contribution in [0.3, 0.4) is 0 Å². The van der Waals surface area contributed by atoms with Crippen LogP contribution in [0.2, 0.25) is 5.02 Å². The molecule has 3 aromatic carbocycles. The summed E-state index contributed by atoms with van der Waals surface area (Å²) in [6.45, 7) is -0.582. The minimum Gasteiger partial charge on any atom is -0.482 e. The average molecular weight is 684 g/mol. The molecule has 0 saturated heterocycles. The summed E-state index contributed by atoms with van der Waals surface area (Å²) in [7, 11) is -4.60. The van der Waals surface area contributed by atoms with E-state index in [2.05, 4.69) is 26.6 Å². The van der Waals surface area contributed by atoms with Gasteiger partial charge < -0.3 is 14.8 Å². The number of hydrogen-bond acceptors (Lipinski definition) is 8. The fourth-order valence-corrected chi connectivity index (χ4v) is 5.17. The normalized spacial score (nSPS) is 11.5. The van der Waals surface area contributed by atoms with Crippen LogP contribution in [0.1, 0.15) is 11.1 Å². The molecule has 15 heteroatoms. The number of nitrogens with one attached hydrogen (secondary N) is 4. The Balaban J connectivity index is 1.56. The number of carbonyl (C=O) groups excluding carboxylic acids is 3. The molecule has 0 spiro atoms. The monoisotopic (exact) mass is 682 g/mol. The van der Waals surface area contributed by atoms with Crippen molar-refractivity contribution in [1.29, 1.82) is 0 Å². The predicted molar refractivity (Wildman–Crippen MR) is 159 cm³/mol. The minimum atomic E-state index is -4.60. The Morgan fingerprint density at radius 2 is 1.56 bits per heavy atom. The highest BCUT2D eigenvalue weighted by molar-refractivity contribution is 9.10. The standard InChI is InChI=1S/C26H24BrClN4O7S2/c27-19-11-12-22(20(28)14-19)38-16-23(33)30-25(40)32-41(36,37)31-24(34)21(13-17-7-3-1-4-8-17)29-26(35)39-15-18-9-5-2-6-10-18/h1-12,14,21H,13,15-16H2,(H,29,35)(H,31,34)(H2,30,32,33,40)/t21-/m0/s1. The summed E-state index contributed by atoms with van der Waals surface area (Å²) in [6.07, 6.45) is -0.969. The zero-order chi connectivity index (χ0) is 29.8. The molecule has 0 aromatic heterocycles. The third-order valence-electron chi connectivity index (χ3n) is 5.07. The van der Waals surface area contributed by atoms with Crippen LogP contribution in [0.5, 0.6) is 5.75 Å². The first-order chi connectivity index (χ1) is 19.5. The van der Waals surface area contributed by atoms with E-state index < -0.39 is 45.9 Å². The molecule has 216 valence electrons. The lowest BCUT2D eigenvalue weighted by molar-refractivity contribution is -0.122. The third kappa shape index (κ3) is 11.4. The molecule has 41 heavy (non-hydrogen) atoms. The van der Waals surface area contributed by atoms with Gasteiger partial charge in [0.15, 0.2) is 11.7 Å². The third-order valence-corrected chi connectivity index (χ3v) is 7.14. The molecule has 4 N–H and O–H groups in total. The van der Waals surface area contributed by atoms with Crippen LogP contribution >= 0.6 is 39.7 Å². The van der Waals surface area contributed by atoms with E-state index in [1.54, 1.807) is 71.5 Å². The summed E-state index contributed by atoms with van der Waals surface area (Å²) < 4.78 is 40.0. The van der Waals surface area contributed by atoms with Gasteiger partial charge in [0.2, 0.25) is 0 Å². The number of amides is 3. The molecule has 0 saturated carbocycles. The van der Waals surface area contributed by atoms with Crippen LogP contribution in [0, 0.1) is 0 Å². The fraction of sp³-hybridized carbons (Fsp3) is 0.154. The highest BCUT2D eigenvalue weighted by Gasteiger charge is 2.27. The number of carbonyl (C=O) groups is 3. The van der Waals surface area contributed by atoms with Gasteiger partial charge >= 0.3 is 16.3 Å². The van der Waals surface area contributed by atoms with Crippen molar-refractivity contribution >= 4 is 73.0 Å². The predicted octanol–water partition coefficient (Wildman–Crippen LogP) is 3.37. The smallest absolute Gasteiger partial charge is 0.408 e. The van der Waals surface area contributed by atoms with E-state index in [4.69, 9.17) is 33.3 Å². The highest BCUT2D eigenvalue weighted by Crippen LogP contribution is 2.27. The zero-order valence-electron chi connectivity index (χ0n) is 21.1. The van der Waals surface area contributed by atoms with Crippen molar-refractivity contribution in [3.63, 3.8) is 0 Å². The van der Waals surface area contributed by atoms with Crippen molar-refractivity contribution in [2.24, 2.45) is 0 Å². The van der Waals surface area contributed by atoms with Gasteiger partial charge in [-0.25, -0.2) is 14.2 Å². The zero-order valence-corrected chi connectivity index (χ0v) is 25.1. The van der Waals surface area contributed by atoms with Gasteiger partial charge in [-0.1, -0.05) is 88.2 Å². The van der Waals surface area contributed by atoms with Gasteiger partial charge in [-0.3, -0.25) is 14.9 Å². The van der Waals surface area contributed by atoms with Gasteiger partial charge in [0.1, 0.15) is 18.4 Å². The van der Waals surface area contributed by atoms with Gasteiger partial charge in [-0.2, -0.15) is 8.42 Å². The first-order valence-electron chi connectivity index (χ1n) is 11.8. The van der Waals surface area contributed by atoms with Gasteiger partial charge in [-0.05, 0) is 41.5 Å². The van der Waals surface area contributed by atoms with E-state index in [0.29, 0.717) is 10.0 Å². The fourth-order valence-electron chi connectivity index (χ4n) is 3.24. The SMILES string of the molecule is O=C(COc1ccc(Br)cc1Cl)NC(=S)NS(=O)(=O)NC(=O)[C@H](Cc1ccccc1)NC(=O)OCc1ccccc1. The van der Waals surface area contributed by atoms with E-state index in [0.717, 1.165) is 5.56 Å². The van der Waals surface area contributed by atoms with E-state index >= 15 is 0 Å². The van der Waals surface area contributed by atoms with Gasteiger partial charge in [0.05, 0.1) is 5.02 Å². The van der Waals surface area contributed by atoms with Crippen molar-refractivity contribution in [3.8, 4) is 5.75 Å². The maximum Gasteiger partial charge on any atom is 0.408 e. The number of rotatable bonds is 11. The summed E-state index contributed by atoms with van der Waals surface area (Å²) in [4.78, 5) is 37.5. The van der Waals surface area contributed by atoms with Crippen molar-refractivity contribution in [2.45, 2.75) is 19.1 Å².